The van der Waals surface area contributed by atoms with Crippen molar-refractivity contribution in [2.24, 2.45) is 0 Å². The first kappa shape index (κ1) is 22.6. The third-order valence-electron chi connectivity index (χ3n) is 4.30. The molecule has 0 aromatic heterocycles. The van der Waals surface area contributed by atoms with Gasteiger partial charge in [0.1, 0.15) is 11.5 Å². The highest BCUT2D eigenvalue weighted by Crippen LogP contribution is 2.46. The maximum Gasteiger partial charge on any atom is 0.346 e. The summed E-state index contributed by atoms with van der Waals surface area (Å²) in [6.45, 7) is 2.12. The summed E-state index contributed by atoms with van der Waals surface area (Å²) in [5.74, 6) is 1.28. The first-order valence-electron chi connectivity index (χ1n) is 8.97. The lowest BCUT2D eigenvalue weighted by Crippen LogP contribution is -2.21. The molecule has 1 unspecified atom stereocenters. The third-order valence-corrected chi connectivity index (χ3v) is 7.85. The molecule has 28 heavy (non-hydrogen) atoms. The molecular formula is C19H25O7PS. The first-order chi connectivity index (χ1) is 13.1. The second kappa shape index (κ2) is 9.67. The van der Waals surface area contributed by atoms with E-state index in [4.69, 9.17) is 9.29 Å². The highest BCUT2D eigenvalue weighted by atomic mass is 32.2. The number of hydrogen-bond acceptors (Lipinski definition) is 4. The lowest BCUT2D eigenvalue weighted by molar-refractivity contribution is 0.361. The molecule has 0 aliphatic heterocycles. The predicted molar refractivity (Wildman–Crippen MR) is 107 cm³/mol. The van der Waals surface area contributed by atoms with Gasteiger partial charge in [0.2, 0.25) is 0 Å². The highest BCUT2D eigenvalue weighted by molar-refractivity contribution is 7.93. The van der Waals surface area contributed by atoms with Gasteiger partial charge in [0.05, 0.1) is 0 Å². The van der Waals surface area contributed by atoms with E-state index in [9.17, 15) is 22.8 Å². The van der Waals surface area contributed by atoms with Gasteiger partial charge in [-0.2, -0.15) is 8.42 Å². The molecule has 9 heteroatoms. The highest BCUT2D eigenvalue weighted by Gasteiger charge is 2.39. The van der Waals surface area contributed by atoms with E-state index in [1.54, 1.807) is 24.3 Å². The minimum atomic E-state index is -4.99. The van der Waals surface area contributed by atoms with Gasteiger partial charge < -0.3 is 14.5 Å². The van der Waals surface area contributed by atoms with Gasteiger partial charge in [-0.3, -0.25) is 9.12 Å². The van der Waals surface area contributed by atoms with Crippen LogP contribution in [-0.2, 0) is 27.5 Å². The molecular weight excluding hydrogens is 403 g/mol. The summed E-state index contributed by atoms with van der Waals surface area (Å²) in [5.41, 5.74) is 1.73. The zero-order valence-electron chi connectivity index (χ0n) is 15.6. The van der Waals surface area contributed by atoms with Crippen LogP contribution >= 0.6 is 7.60 Å². The monoisotopic (exact) mass is 428 g/mol. The standard InChI is InChI=1S/C19H25O7PS/c1-2-3-8-16-9-4-5-11-18(16)26-17-10-6-7-15(14-17)12-13-19(27(20,21)22)28(23,24)25/h4-7,9-11,14,19H,2-3,8,12-13H2,1H3,(H2,20,21,22)(H,23,24,25). The molecule has 1 atom stereocenters. The van der Waals surface area contributed by atoms with Gasteiger partial charge in [0.15, 0.2) is 4.99 Å². The Bertz CT molecular complexity index is 937. The van der Waals surface area contributed by atoms with Crippen molar-refractivity contribution >= 4 is 17.7 Å². The van der Waals surface area contributed by atoms with Gasteiger partial charge >= 0.3 is 7.60 Å². The SMILES string of the molecule is CCCCc1ccccc1Oc1cccc(CCC(P(=O)(O)O)S(=O)(=O)O)c1. The summed E-state index contributed by atoms with van der Waals surface area (Å²) in [4.78, 5) is 16.2. The third kappa shape index (κ3) is 6.72. The van der Waals surface area contributed by atoms with Crippen LogP contribution in [0.25, 0.3) is 0 Å². The molecule has 0 amide bonds. The van der Waals surface area contributed by atoms with E-state index < -0.39 is 29.1 Å². The molecule has 0 radical (unpaired) electrons. The summed E-state index contributed by atoms with van der Waals surface area (Å²) in [5, 5.41) is 0. The van der Waals surface area contributed by atoms with E-state index in [-0.39, 0.29) is 6.42 Å². The van der Waals surface area contributed by atoms with Crippen LogP contribution in [0, 0.1) is 0 Å². The van der Waals surface area contributed by atoms with Crippen LogP contribution < -0.4 is 4.74 Å². The molecule has 0 bridgehead atoms. The Kier molecular flexibility index (Phi) is 7.80. The second-order valence-electron chi connectivity index (χ2n) is 6.56. The molecule has 2 aromatic carbocycles. The van der Waals surface area contributed by atoms with E-state index >= 15 is 0 Å². The normalized spacial score (nSPS) is 13.3. The Morgan fingerprint density at radius 1 is 1.07 bits per heavy atom. The summed E-state index contributed by atoms with van der Waals surface area (Å²) in [6, 6.07) is 14.6. The minimum absolute atomic E-state index is 0.0598. The topological polar surface area (TPSA) is 121 Å². The number of ether oxygens (including phenoxy) is 1. The van der Waals surface area contributed by atoms with E-state index in [0.717, 1.165) is 30.6 Å². The van der Waals surface area contributed by atoms with Crippen molar-refractivity contribution in [1.82, 2.24) is 0 Å². The summed E-state index contributed by atoms with van der Waals surface area (Å²) < 4.78 is 49.0. The average Bonchev–Trinajstić information content (AvgIpc) is 2.59. The molecule has 7 nitrogen and oxygen atoms in total. The van der Waals surface area contributed by atoms with Gasteiger partial charge in [0, 0.05) is 0 Å². The minimum Gasteiger partial charge on any atom is -0.457 e. The zero-order chi connectivity index (χ0) is 20.8. The molecule has 154 valence electrons. The van der Waals surface area contributed by atoms with Gasteiger partial charge in [-0.25, -0.2) is 0 Å². The smallest absolute Gasteiger partial charge is 0.346 e. The van der Waals surface area contributed by atoms with Gasteiger partial charge in [-0.05, 0) is 55.0 Å². The van der Waals surface area contributed by atoms with Crippen LogP contribution in [0.4, 0.5) is 0 Å². The fraction of sp³-hybridized carbons (Fsp3) is 0.368. The molecule has 0 spiro atoms. The van der Waals surface area contributed by atoms with Crippen molar-refractivity contribution in [3.05, 3.63) is 59.7 Å². The fourth-order valence-electron chi connectivity index (χ4n) is 2.85. The van der Waals surface area contributed by atoms with Crippen molar-refractivity contribution < 1.29 is 32.1 Å². The maximum atomic E-state index is 11.4. The van der Waals surface area contributed by atoms with Gasteiger partial charge in [-0.1, -0.05) is 43.7 Å². The summed E-state index contributed by atoms with van der Waals surface area (Å²) in [7, 11) is -9.85. The Morgan fingerprint density at radius 2 is 1.79 bits per heavy atom. The molecule has 0 aliphatic rings. The van der Waals surface area contributed by atoms with Crippen LogP contribution in [-0.4, -0.2) is 27.7 Å². The Balaban J connectivity index is 2.14. The van der Waals surface area contributed by atoms with Gasteiger partial charge in [0.25, 0.3) is 10.1 Å². The molecule has 0 saturated heterocycles. The van der Waals surface area contributed by atoms with E-state index in [2.05, 4.69) is 6.92 Å². The van der Waals surface area contributed by atoms with E-state index in [1.165, 1.54) is 0 Å². The number of hydrogen-bond donors (Lipinski definition) is 3. The molecule has 3 N–H and O–H groups in total. The van der Waals surface area contributed by atoms with Crippen molar-refractivity contribution in [3.63, 3.8) is 0 Å². The maximum absolute atomic E-state index is 11.4. The average molecular weight is 428 g/mol. The van der Waals surface area contributed by atoms with Crippen molar-refractivity contribution in [3.8, 4) is 11.5 Å². The number of unbranched alkanes of at least 4 members (excludes halogenated alkanes) is 1. The van der Waals surface area contributed by atoms with E-state index in [0.29, 0.717) is 11.3 Å². The van der Waals surface area contributed by atoms with Crippen LogP contribution in [0.1, 0.15) is 37.3 Å². The van der Waals surface area contributed by atoms with Crippen molar-refractivity contribution in [1.29, 1.82) is 0 Å². The predicted octanol–water partition coefficient (Wildman–Crippen LogP) is 4.15. The van der Waals surface area contributed by atoms with Crippen LogP contribution in [0.2, 0.25) is 0 Å². The largest absolute Gasteiger partial charge is 0.457 e. The Hall–Kier alpha value is -1.70. The number of aryl methyl sites for hydroxylation is 2. The Labute approximate surface area is 165 Å². The molecule has 0 saturated carbocycles. The van der Waals surface area contributed by atoms with Crippen molar-refractivity contribution in [2.45, 2.75) is 44.0 Å². The van der Waals surface area contributed by atoms with Crippen LogP contribution in [0.15, 0.2) is 48.5 Å². The quantitative estimate of drug-likeness (QED) is 0.384. The molecule has 0 heterocycles. The summed E-state index contributed by atoms with van der Waals surface area (Å²) in [6.07, 6.45) is 2.66. The molecule has 2 aromatic rings. The number of para-hydroxylation sites is 1. The molecule has 0 aliphatic carbocycles. The molecule has 2 rings (SSSR count). The summed E-state index contributed by atoms with van der Waals surface area (Å²) >= 11 is 0. The van der Waals surface area contributed by atoms with Gasteiger partial charge in [-0.15, -0.1) is 0 Å². The zero-order valence-corrected chi connectivity index (χ0v) is 17.3. The Morgan fingerprint density at radius 3 is 2.43 bits per heavy atom. The molecule has 0 fully saturated rings. The number of rotatable bonds is 10. The van der Waals surface area contributed by atoms with Crippen LogP contribution in [0.5, 0.6) is 11.5 Å². The van der Waals surface area contributed by atoms with E-state index in [1.807, 2.05) is 24.3 Å². The lowest BCUT2D eigenvalue weighted by Gasteiger charge is -2.15. The number of benzene rings is 2. The first-order valence-corrected chi connectivity index (χ1v) is 12.2. The van der Waals surface area contributed by atoms with Crippen molar-refractivity contribution in [2.75, 3.05) is 0 Å². The van der Waals surface area contributed by atoms with Crippen LogP contribution in [0.3, 0.4) is 0 Å². The fourth-order valence-corrected chi connectivity index (χ4v) is 5.12. The second-order valence-corrected chi connectivity index (χ2v) is 10.3. The lowest BCUT2D eigenvalue weighted by atomic mass is 10.1.